The third kappa shape index (κ3) is 1.81. The van der Waals surface area contributed by atoms with Crippen LogP contribution in [0.3, 0.4) is 0 Å². The first kappa shape index (κ1) is 11.5. The fraction of sp³-hybridized carbons (Fsp3) is 0.200. The smallest absolute Gasteiger partial charge is 0.355 e. The first-order chi connectivity index (χ1) is 5.04. The van der Waals surface area contributed by atoms with Crippen molar-refractivity contribution >= 4 is 46.8 Å². The number of halogens is 2. The predicted octanol–water partition coefficient (Wildman–Crippen LogP) is 0.727. The van der Waals surface area contributed by atoms with Crippen molar-refractivity contribution < 1.29 is 9.90 Å². The maximum atomic E-state index is 10.5. The second-order valence-corrected chi connectivity index (χ2v) is 3.06. The molecule has 1 aromatic rings. The second kappa shape index (κ2) is 3.94. The number of carbonyl (C=O) groups is 1. The molecule has 5 nitrogen and oxygen atoms in total. The van der Waals surface area contributed by atoms with E-state index in [-0.39, 0.29) is 23.9 Å². The standard InChI is InChI=1S/C5H6IN3O2.ClH/c1-9-3(5(10)11)2(6)4(7)8-9;/h1H3,(H2,7,8)(H,10,11);1H. The molecule has 7 heteroatoms. The lowest BCUT2D eigenvalue weighted by Crippen LogP contribution is -2.06. The average Bonchev–Trinajstić information content (AvgIpc) is 2.07. The number of hydrogen-bond acceptors (Lipinski definition) is 3. The van der Waals surface area contributed by atoms with Crippen molar-refractivity contribution in [3.63, 3.8) is 0 Å². The van der Waals surface area contributed by atoms with Gasteiger partial charge in [-0.25, -0.2) is 4.79 Å². The number of aromatic nitrogens is 2. The molecule has 0 aliphatic heterocycles. The molecule has 0 atom stereocenters. The van der Waals surface area contributed by atoms with Gasteiger partial charge in [0.05, 0.1) is 3.57 Å². The van der Waals surface area contributed by atoms with Gasteiger partial charge in [0.2, 0.25) is 0 Å². The van der Waals surface area contributed by atoms with E-state index in [1.807, 2.05) is 22.6 Å². The normalized spacial score (nSPS) is 9.17. The van der Waals surface area contributed by atoms with E-state index in [9.17, 15) is 4.79 Å². The van der Waals surface area contributed by atoms with Crippen molar-refractivity contribution in [1.29, 1.82) is 0 Å². The van der Waals surface area contributed by atoms with Crippen LogP contribution in [0.25, 0.3) is 0 Å². The summed E-state index contributed by atoms with van der Waals surface area (Å²) in [4.78, 5) is 10.5. The van der Waals surface area contributed by atoms with Gasteiger partial charge in [0, 0.05) is 7.05 Å². The maximum Gasteiger partial charge on any atom is 0.355 e. The number of carboxylic acids is 1. The predicted molar refractivity (Wildman–Crippen MR) is 54.5 cm³/mol. The number of hydrogen-bond donors (Lipinski definition) is 2. The Hall–Kier alpha value is -0.500. The zero-order chi connectivity index (χ0) is 8.59. The van der Waals surface area contributed by atoms with E-state index < -0.39 is 5.97 Å². The van der Waals surface area contributed by atoms with Gasteiger partial charge in [-0.05, 0) is 22.6 Å². The molecule has 68 valence electrons. The summed E-state index contributed by atoms with van der Waals surface area (Å²) in [5, 5.41) is 12.4. The topological polar surface area (TPSA) is 81.1 Å². The van der Waals surface area contributed by atoms with Crippen molar-refractivity contribution in [2.75, 3.05) is 5.73 Å². The summed E-state index contributed by atoms with van der Waals surface area (Å²) in [5.74, 6) is -0.758. The van der Waals surface area contributed by atoms with E-state index in [4.69, 9.17) is 10.8 Å². The summed E-state index contributed by atoms with van der Waals surface area (Å²) in [6, 6.07) is 0. The highest BCUT2D eigenvalue weighted by molar-refractivity contribution is 14.1. The summed E-state index contributed by atoms with van der Waals surface area (Å²) < 4.78 is 1.73. The molecule has 1 rings (SSSR count). The number of nitrogens with two attached hydrogens (primary N) is 1. The van der Waals surface area contributed by atoms with Gasteiger partial charge in [-0.15, -0.1) is 12.4 Å². The molecule has 0 aliphatic rings. The van der Waals surface area contributed by atoms with Crippen molar-refractivity contribution in [2.45, 2.75) is 0 Å². The fourth-order valence-corrected chi connectivity index (χ4v) is 1.44. The SMILES string of the molecule is Cl.Cn1nc(N)c(I)c1C(=O)O. The molecular weight excluding hydrogens is 296 g/mol. The summed E-state index contributed by atoms with van der Waals surface area (Å²) >= 11 is 1.85. The van der Waals surface area contributed by atoms with Crippen LogP contribution in [-0.4, -0.2) is 20.9 Å². The number of nitrogens with zero attached hydrogens (tertiary/aromatic N) is 2. The molecule has 0 aromatic carbocycles. The zero-order valence-corrected chi connectivity index (χ0v) is 9.09. The Bertz CT molecular complexity index is 312. The van der Waals surface area contributed by atoms with Gasteiger partial charge < -0.3 is 10.8 Å². The molecule has 0 fully saturated rings. The molecule has 0 amide bonds. The zero-order valence-electron chi connectivity index (χ0n) is 6.11. The van der Waals surface area contributed by atoms with E-state index >= 15 is 0 Å². The van der Waals surface area contributed by atoms with Crippen LogP contribution >= 0.6 is 35.0 Å². The van der Waals surface area contributed by atoms with Crippen molar-refractivity contribution in [3.05, 3.63) is 9.26 Å². The number of carboxylic acid groups (broad SMARTS) is 1. The van der Waals surface area contributed by atoms with Crippen LogP contribution in [0.5, 0.6) is 0 Å². The van der Waals surface area contributed by atoms with Crippen LogP contribution in [-0.2, 0) is 7.05 Å². The maximum absolute atomic E-state index is 10.5. The molecule has 0 unspecified atom stereocenters. The number of aryl methyl sites for hydroxylation is 1. The number of anilines is 1. The van der Waals surface area contributed by atoms with Gasteiger partial charge in [0.15, 0.2) is 11.5 Å². The lowest BCUT2D eigenvalue weighted by molar-refractivity contribution is 0.0684. The van der Waals surface area contributed by atoms with Crippen molar-refractivity contribution in [3.8, 4) is 0 Å². The Morgan fingerprint density at radius 1 is 1.75 bits per heavy atom. The lowest BCUT2D eigenvalue weighted by Gasteiger charge is -1.92. The molecule has 0 saturated heterocycles. The van der Waals surface area contributed by atoms with E-state index in [1.165, 1.54) is 4.68 Å². The lowest BCUT2D eigenvalue weighted by atomic mass is 10.4. The first-order valence-corrected chi connectivity index (χ1v) is 3.83. The second-order valence-electron chi connectivity index (χ2n) is 1.98. The van der Waals surface area contributed by atoms with E-state index in [2.05, 4.69) is 5.10 Å². The van der Waals surface area contributed by atoms with Crippen LogP contribution in [0.1, 0.15) is 10.5 Å². The van der Waals surface area contributed by atoms with Crippen LogP contribution in [0.15, 0.2) is 0 Å². The minimum absolute atomic E-state index is 0. The van der Waals surface area contributed by atoms with E-state index in [1.54, 1.807) is 7.05 Å². The third-order valence-corrected chi connectivity index (χ3v) is 2.28. The Morgan fingerprint density at radius 2 is 2.25 bits per heavy atom. The van der Waals surface area contributed by atoms with Crippen LogP contribution in [0, 0.1) is 3.57 Å². The number of nitrogen functional groups attached to an aromatic ring is 1. The summed E-state index contributed by atoms with van der Waals surface area (Å²) in [5.41, 5.74) is 5.50. The van der Waals surface area contributed by atoms with Crippen LogP contribution < -0.4 is 5.73 Å². The van der Waals surface area contributed by atoms with Crippen LogP contribution in [0.2, 0.25) is 0 Å². The van der Waals surface area contributed by atoms with Crippen molar-refractivity contribution in [2.24, 2.45) is 7.05 Å². The Morgan fingerprint density at radius 3 is 2.42 bits per heavy atom. The fourth-order valence-electron chi connectivity index (χ4n) is 0.751. The quantitative estimate of drug-likeness (QED) is 0.749. The minimum Gasteiger partial charge on any atom is -0.476 e. The highest BCUT2D eigenvalue weighted by Crippen LogP contribution is 2.17. The van der Waals surface area contributed by atoms with Gasteiger partial charge in [0.25, 0.3) is 0 Å². The Balaban J connectivity index is 0.00000121. The van der Waals surface area contributed by atoms with Gasteiger partial charge in [0.1, 0.15) is 0 Å². The highest BCUT2D eigenvalue weighted by atomic mass is 127. The molecule has 0 spiro atoms. The van der Waals surface area contributed by atoms with Crippen LogP contribution in [0.4, 0.5) is 5.82 Å². The molecule has 3 N–H and O–H groups in total. The first-order valence-electron chi connectivity index (χ1n) is 2.75. The van der Waals surface area contributed by atoms with Gasteiger partial charge in [-0.3, -0.25) is 4.68 Å². The Kier molecular flexibility index (Phi) is 3.78. The number of rotatable bonds is 1. The van der Waals surface area contributed by atoms with Gasteiger partial charge in [-0.2, -0.15) is 5.10 Å². The molecule has 0 aliphatic carbocycles. The molecule has 1 aromatic heterocycles. The third-order valence-electron chi connectivity index (χ3n) is 1.22. The Labute approximate surface area is 88.5 Å². The minimum atomic E-state index is -1.01. The van der Waals surface area contributed by atoms with E-state index in [0.717, 1.165) is 0 Å². The molecule has 0 saturated carbocycles. The highest BCUT2D eigenvalue weighted by Gasteiger charge is 2.16. The largest absolute Gasteiger partial charge is 0.476 e. The van der Waals surface area contributed by atoms with Gasteiger partial charge in [-0.1, -0.05) is 0 Å². The summed E-state index contributed by atoms with van der Waals surface area (Å²) in [6.45, 7) is 0. The molecule has 0 bridgehead atoms. The van der Waals surface area contributed by atoms with Crippen molar-refractivity contribution in [1.82, 2.24) is 9.78 Å². The number of aromatic carboxylic acids is 1. The van der Waals surface area contributed by atoms with Gasteiger partial charge >= 0.3 is 5.97 Å². The van der Waals surface area contributed by atoms with E-state index in [0.29, 0.717) is 3.57 Å². The summed E-state index contributed by atoms with van der Waals surface area (Å²) in [7, 11) is 1.54. The molecular formula is C5H7ClIN3O2. The summed E-state index contributed by atoms with van der Waals surface area (Å²) in [6.07, 6.45) is 0. The molecule has 1 heterocycles. The molecule has 12 heavy (non-hydrogen) atoms. The molecule has 0 radical (unpaired) electrons. The average molecular weight is 303 g/mol. The monoisotopic (exact) mass is 303 g/mol.